The second kappa shape index (κ2) is 5.88. The van der Waals surface area contributed by atoms with Gasteiger partial charge in [-0.2, -0.15) is 0 Å². The Morgan fingerprint density at radius 1 is 1.55 bits per heavy atom. The summed E-state index contributed by atoms with van der Waals surface area (Å²) in [6, 6.07) is 0. The molecule has 0 amide bonds. The highest BCUT2D eigenvalue weighted by Gasteiger charge is 2.32. The topological polar surface area (TPSA) is 84.4 Å². The van der Waals surface area contributed by atoms with Crippen molar-refractivity contribution in [2.45, 2.75) is 44.8 Å². The Bertz CT molecular complexity index is 480. The molecule has 1 aliphatic carbocycles. The van der Waals surface area contributed by atoms with E-state index >= 15 is 0 Å². The van der Waals surface area contributed by atoms with Crippen LogP contribution in [-0.2, 0) is 6.54 Å². The van der Waals surface area contributed by atoms with E-state index in [2.05, 4.69) is 4.98 Å². The maximum absolute atomic E-state index is 10.9. The van der Waals surface area contributed by atoms with Crippen LogP contribution in [-0.4, -0.2) is 50.2 Å². The molecule has 20 heavy (non-hydrogen) atoms. The fourth-order valence-electron chi connectivity index (χ4n) is 2.92. The SMILES string of the molecule is Cc1ncc([N+](=O)[O-])n1CCN(C)CC1(O)CCCC1. The van der Waals surface area contributed by atoms with Crippen LogP contribution in [0.5, 0.6) is 0 Å². The fraction of sp³-hybridized carbons (Fsp3) is 0.769. The molecule has 7 heteroatoms. The van der Waals surface area contributed by atoms with Crippen LogP contribution in [0.1, 0.15) is 31.5 Å². The first-order chi connectivity index (χ1) is 9.41. The molecule has 0 radical (unpaired) electrons. The molecule has 1 aliphatic rings. The molecule has 1 aromatic rings. The summed E-state index contributed by atoms with van der Waals surface area (Å²) >= 11 is 0. The molecular formula is C13H22N4O3. The molecule has 0 unspecified atom stereocenters. The highest BCUT2D eigenvalue weighted by molar-refractivity contribution is 5.18. The van der Waals surface area contributed by atoms with Crippen molar-refractivity contribution in [3.63, 3.8) is 0 Å². The van der Waals surface area contributed by atoms with Gasteiger partial charge in [0, 0.05) is 20.0 Å². The van der Waals surface area contributed by atoms with E-state index < -0.39 is 10.5 Å². The minimum atomic E-state index is -0.579. The van der Waals surface area contributed by atoms with E-state index in [0.717, 1.165) is 25.7 Å². The number of hydrogen-bond acceptors (Lipinski definition) is 5. The van der Waals surface area contributed by atoms with Gasteiger partial charge < -0.3 is 15.2 Å². The number of rotatable bonds is 6. The average Bonchev–Trinajstić information content (AvgIpc) is 2.93. The fourth-order valence-corrected chi connectivity index (χ4v) is 2.92. The number of aromatic nitrogens is 2. The Kier molecular flexibility index (Phi) is 4.39. The van der Waals surface area contributed by atoms with E-state index in [0.29, 0.717) is 25.5 Å². The molecule has 0 bridgehead atoms. The van der Waals surface area contributed by atoms with Crippen LogP contribution in [0, 0.1) is 17.0 Å². The van der Waals surface area contributed by atoms with Gasteiger partial charge >= 0.3 is 5.82 Å². The molecule has 1 fully saturated rings. The summed E-state index contributed by atoms with van der Waals surface area (Å²) in [5.41, 5.74) is -0.579. The summed E-state index contributed by atoms with van der Waals surface area (Å²) in [5.74, 6) is 0.667. The third-order valence-electron chi connectivity index (χ3n) is 4.02. The minimum Gasteiger partial charge on any atom is -0.389 e. The summed E-state index contributed by atoms with van der Waals surface area (Å²) in [6.45, 7) is 3.54. The molecule has 0 atom stereocenters. The van der Waals surface area contributed by atoms with Gasteiger partial charge in [0.15, 0.2) is 5.82 Å². The van der Waals surface area contributed by atoms with Gasteiger partial charge in [0.2, 0.25) is 0 Å². The molecule has 1 saturated carbocycles. The first-order valence-electron chi connectivity index (χ1n) is 6.99. The van der Waals surface area contributed by atoms with E-state index in [1.54, 1.807) is 11.5 Å². The summed E-state index contributed by atoms with van der Waals surface area (Å²) in [7, 11) is 1.94. The lowest BCUT2D eigenvalue weighted by atomic mass is 10.0. The van der Waals surface area contributed by atoms with E-state index in [1.165, 1.54) is 6.20 Å². The van der Waals surface area contributed by atoms with Crippen LogP contribution in [0.4, 0.5) is 5.82 Å². The third kappa shape index (κ3) is 3.34. The maximum Gasteiger partial charge on any atom is 0.342 e. The van der Waals surface area contributed by atoms with Crippen molar-refractivity contribution >= 4 is 5.82 Å². The molecule has 2 rings (SSSR count). The quantitative estimate of drug-likeness (QED) is 0.628. The maximum atomic E-state index is 10.9. The Labute approximate surface area is 118 Å². The molecule has 7 nitrogen and oxygen atoms in total. The van der Waals surface area contributed by atoms with Crippen molar-refractivity contribution in [1.29, 1.82) is 0 Å². The molecule has 0 aliphatic heterocycles. The van der Waals surface area contributed by atoms with Crippen molar-refractivity contribution in [2.24, 2.45) is 0 Å². The second-order valence-electron chi connectivity index (χ2n) is 5.74. The Morgan fingerprint density at radius 3 is 2.80 bits per heavy atom. The molecule has 0 aromatic carbocycles. The number of aryl methyl sites for hydroxylation is 1. The van der Waals surface area contributed by atoms with Gasteiger partial charge in [-0.1, -0.05) is 12.8 Å². The van der Waals surface area contributed by atoms with Gasteiger partial charge in [-0.3, -0.25) is 4.90 Å². The van der Waals surface area contributed by atoms with E-state index in [9.17, 15) is 15.2 Å². The lowest BCUT2D eigenvalue weighted by Gasteiger charge is -2.28. The van der Waals surface area contributed by atoms with Crippen LogP contribution in [0.15, 0.2) is 6.20 Å². The highest BCUT2D eigenvalue weighted by Crippen LogP contribution is 2.29. The lowest BCUT2D eigenvalue weighted by molar-refractivity contribution is -0.392. The van der Waals surface area contributed by atoms with Gasteiger partial charge in [-0.15, -0.1) is 0 Å². The molecule has 0 spiro atoms. The Balaban J connectivity index is 1.91. The van der Waals surface area contributed by atoms with Gasteiger partial charge in [0.25, 0.3) is 0 Å². The van der Waals surface area contributed by atoms with E-state index in [4.69, 9.17) is 0 Å². The zero-order valence-corrected chi connectivity index (χ0v) is 12.1. The molecule has 1 aromatic heterocycles. The lowest BCUT2D eigenvalue weighted by Crippen LogP contribution is -2.40. The average molecular weight is 282 g/mol. The molecule has 1 heterocycles. The van der Waals surface area contributed by atoms with Crippen molar-refractivity contribution in [1.82, 2.24) is 14.5 Å². The van der Waals surface area contributed by atoms with Crippen molar-refractivity contribution in [2.75, 3.05) is 20.1 Å². The smallest absolute Gasteiger partial charge is 0.342 e. The predicted octanol–water partition coefficient (Wildman–Crippen LogP) is 1.34. The summed E-state index contributed by atoms with van der Waals surface area (Å²) < 4.78 is 1.61. The molecule has 112 valence electrons. The second-order valence-corrected chi connectivity index (χ2v) is 5.74. The third-order valence-corrected chi connectivity index (χ3v) is 4.02. The monoisotopic (exact) mass is 282 g/mol. The van der Waals surface area contributed by atoms with Crippen LogP contribution in [0.3, 0.4) is 0 Å². The number of hydrogen-bond donors (Lipinski definition) is 1. The highest BCUT2D eigenvalue weighted by atomic mass is 16.6. The predicted molar refractivity (Wildman–Crippen MR) is 74.5 cm³/mol. The number of likely N-dealkylation sites (N-methyl/N-ethyl adjacent to an activating group) is 1. The van der Waals surface area contributed by atoms with Crippen molar-refractivity contribution in [3.05, 3.63) is 22.1 Å². The normalized spacial score (nSPS) is 17.8. The minimum absolute atomic E-state index is 0.0236. The summed E-state index contributed by atoms with van der Waals surface area (Å²) in [4.78, 5) is 16.5. The van der Waals surface area contributed by atoms with E-state index in [-0.39, 0.29) is 5.82 Å². The first kappa shape index (κ1) is 14.9. The summed E-state index contributed by atoms with van der Waals surface area (Å²) in [5, 5.41) is 21.2. The van der Waals surface area contributed by atoms with Crippen LogP contribution >= 0.6 is 0 Å². The van der Waals surface area contributed by atoms with Gasteiger partial charge in [0.05, 0.1) is 5.60 Å². The molecule has 0 saturated heterocycles. The van der Waals surface area contributed by atoms with Crippen molar-refractivity contribution in [3.8, 4) is 0 Å². The first-order valence-corrected chi connectivity index (χ1v) is 6.99. The number of aliphatic hydroxyl groups is 1. The zero-order valence-electron chi connectivity index (χ0n) is 12.1. The number of nitrogens with zero attached hydrogens (tertiary/aromatic N) is 4. The van der Waals surface area contributed by atoms with Gasteiger partial charge in [0.1, 0.15) is 12.7 Å². The Hall–Kier alpha value is -1.47. The van der Waals surface area contributed by atoms with Gasteiger partial charge in [-0.05, 0) is 24.8 Å². The number of nitro groups is 1. The van der Waals surface area contributed by atoms with E-state index in [1.807, 2.05) is 11.9 Å². The zero-order chi connectivity index (χ0) is 14.8. The van der Waals surface area contributed by atoms with Crippen LogP contribution < -0.4 is 0 Å². The van der Waals surface area contributed by atoms with Gasteiger partial charge in [-0.25, -0.2) is 9.55 Å². The molecule has 1 N–H and O–H groups in total. The largest absolute Gasteiger partial charge is 0.389 e. The summed E-state index contributed by atoms with van der Waals surface area (Å²) in [6.07, 6.45) is 5.15. The molecular weight excluding hydrogens is 260 g/mol. The van der Waals surface area contributed by atoms with Crippen LogP contribution in [0.25, 0.3) is 0 Å². The standard InChI is InChI=1S/C13H22N4O3/c1-11-14-9-12(17(19)20)16(11)8-7-15(2)10-13(18)5-3-4-6-13/h9,18H,3-8,10H2,1-2H3. The van der Waals surface area contributed by atoms with Crippen molar-refractivity contribution < 1.29 is 10.0 Å². The Morgan fingerprint density at radius 2 is 2.20 bits per heavy atom. The van der Waals surface area contributed by atoms with Crippen LogP contribution in [0.2, 0.25) is 0 Å². The number of imidazole rings is 1.